The lowest BCUT2D eigenvalue weighted by molar-refractivity contribution is -0.162. The van der Waals surface area contributed by atoms with Gasteiger partial charge in [-0.25, -0.2) is 9.78 Å². The van der Waals surface area contributed by atoms with Gasteiger partial charge in [0.1, 0.15) is 22.6 Å². The number of esters is 1. The summed E-state index contributed by atoms with van der Waals surface area (Å²) >= 11 is 2.38. The van der Waals surface area contributed by atoms with Gasteiger partial charge in [-0.2, -0.15) is 8.42 Å². The van der Waals surface area contributed by atoms with E-state index in [1.165, 1.54) is 11.3 Å². The standard InChI is InChI=1S/C50H45N5O9S3/c1-67(59,60)64-39-32-65-47-42(46(57)55(47)43(39)48(58)62-44(33-19-7-2-8-20-33)34-21-9-3-10-22-34)52-45(56)41(54-63-40-29-17-18-30-61-40)38-31-66-49(51-38)53-50(35-23-11-4-12-24-35,36-25-13-5-14-26-36)37-27-15-6-16-28-37/h2-16,19-28,31,40,42,44,47H,17-18,29-30,32H2,1H3,(H,51,53)(H,52,56)/t40?,42-,47-/m1/s1. The molecule has 0 saturated carbocycles. The number of carbonyl (C=O) groups is 3. The van der Waals surface area contributed by atoms with E-state index in [2.05, 4.69) is 15.8 Å². The normalized spacial score (nSPS) is 18.7. The molecule has 9 rings (SSSR count). The van der Waals surface area contributed by atoms with E-state index in [1.54, 1.807) is 53.9 Å². The zero-order valence-electron chi connectivity index (χ0n) is 36.1. The number of nitrogens with one attached hydrogen (secondary N) is 2. The van der Waals surface area contributed by atoms with Crippen LogP contribution in [0.5, 0.6) is 0 Å². The van der Waals surface area contributed by atoms with Gasteiger partial charge in [0.25, 0.3) is 11.8 Å². The average molecular weight is 956 g/mol. The molecule has 3 aliphatic rings. The number of rotatable bonds is 16. The van der Waals surface area contributed by atoms with Gasteiger partial charge in [-0.3, -0.25) is 14.5 Å². The summed E-state index contributed by atoms with van der Waals surface area (Å²) in [5.74, 6) is -2.85. The van der Waals surface area contributed by atoms with Crippen LogP contribution in [0.3, 0.4) is 0 Å². The summed E-state index contributed by atoms with van der Waals surface area (Å²) in [7, 11) is -4.14. The number of nitrogens with zero attached hydrogens (tertiary/aromatic N) is 3. The van der Waals surface area contributed by atoms with E-state index < -0.39 is 57.3 Å². The minimum atomic E-state index is -4.14. The van der Waals surface area contributed by atoms with Crippen molar-refractivity contribution in [3.05, 3.63) is 202 Å². The van der Waals surface area contributed by atoms with Crippen molar-refractivity contribution in [1.29, 1.82) is 0 Å². The third-order valence-electron chi connectivity index (χ3n) is 11.4. The van der Waals surface area contributed by atoms with Gasteiger partial charge in [-0.05, 0) is 40.7 Å². The highest BCUT2D eigenvalue weighted by Crippen LogP contribution is 2.43. The Labute approximate surface area is 396 Å². The molecule has 1 unspecified atom stereocenters. The molecule has 0 radical (unpaired) electrons. The fraction of sp³-hybridized carbons (Fsp3) is 0.220. The van der Waals surface area contributed by atoms with Crippen molar-refractivity contribution in [1.82, 2.24) is 15.2 Å². The SMILES string of the molecule is CS(=O)(=O)OC1=C(C(=O)OC(c2ccccc2)c2ccccc2)N2C(=O)[C@@H](NC(=O)C(=NOC3CCCCO3)c3csc(NC(c4ccccc4)(c4ccccc4)c4ccccc4)n3)[C@H]2SC1. The number of aromatic nitrogens is 1. The van der Waals surface area contributed by atoms with E-state index in [9.17, 15) is 22.8 Å². The van der Waals surface area contributed by atoms with Crippen molar-refractivity contribution in [2.24, 2.45) is 5.16 Å². The molecule has 2 fully saturated rings. The predicted molar refractivity (Wildman–Crippen MR) is 255 cm³/mol. The summed E-state index contributed by atoms with van der Waals surface area (Å²) in [6, 6.07) is 46.9. The molecule has 0 spiro atoms. The topological polar surface area (TPSA) is 175 Å². The summed E-state index contributed by atoms with van der Waals surface area (Å²) in [6.07, 6.45) is 1.51. The van der Waals surface area contributed by atoms with Crippen molar-refractivity contribution in [3.63, 3.8) is 0 Å². The Morgan fingerprint density at radius 2 is 1.37 bits per heavy atom. The van der Waals surface area contributed by atoms with Gasteiger partial charge >= 0.3 is 16.1 Å². The first-order chi connectivity index (χ1) is 32.6. The number of thioether (sulfide) groups is 1. The number of oxime groups is 1. The lowest BCUT2D eigenvalue weighted by atomic mass is 9.77. The number of benzene rings is 5. The second-order valence-electron chi connectivity index (χ2n) is 15.9. The number of ether oxygens (including phenoxy) is 2. The fourth-order valence-electron chi connectivity index (χ4n) is 8.28. The maximum atomic E-state index is 14.5. The summed E-state index contributed by atoms with van der Waals surface area (Å²) in [5.41, 5.74) is 2.81. The predicted octanol–water partition coefficient (Wildman–Crippen LogP) is 7.71. The Morgan fingerprint density at radius 3 is 1.90 bits per heavy atom. The molecule has 5 aromatic carbocycles. The van der Waals surface area contributed by atoms with E-state index in [0.29, 0.717) is 29.3 Å². The summed E-state index contributed by atoms with van der Waals surface area (Å²) in [6.45, 7) is 0.471. The molecule has 4 heterocycles. The third kappa shape index (κ3) is 9.86. The molecular formula is C50H45N5O9S3. The number of anilines is 1. The summed E-state index contributed by atoms with van der Waals surface area (Å²) in [5, 5.41) is 12.2. The van der Waals surface area contributed by atoms with Gasteiger partial charge in [-0.1, -0.05) is 157 Å². The van der Waals surface area contributed by atoms with Crippen LogP contribution < -0.4 is 10.6 Å². The van der Waals surface area contributed by atoms with Crippen LogP contribution in [0.15, 0.2) is 174 Å². The molecular weight excluding hydrogens is 911 g/mol. The number of hydrogen-bond donors (Lipinski definition) is 2. The van der Waals surface area contributed by atoms with Crippen LogP contribution in [0.2, 0.25) is 0 Å². The third-order valence-corrected chi connectivity index (χ3v) is 13.9. The number of amides is 2. The van der Waals surface area contributed by atoms with Crippen molar-refractivity contribution < 1.29 is 41.3 Å². The van der Waals surface area contributed by atoms with Crippen molar-refractivity contribution in [2.75, 3.05) is 23.9 Å². The first-order valence-electron chi connectivity index (χ1n) is 21.5. The van der Waals surface area contributed by atoms with E-state index >= 15 is 0 Å². The minimum absolute atomic E-state index is 0.129. The monoisotopic (exact) mass is 955 g/mol. The fourth-order valence-corrected chi connectivity index (χ4v) is 10.9. The van der Waals surface area contributed by atoms with Gasteiger partial charge < -0.3 is 29.1 Å². The molecule has 2 saturated heterocycles. The Hall–Kier alpha value is -6.79. The highest BCUT2D eigenvalue weighted by atomic mass is 32.2. The molecule has 67 heavy (non-hydrogen) atoms. The Kier molecular flexibility index (Phi) is 13.5. The smallest absolute Gasteiger partial charge is 0.359 e. The van der Waals surface area contributed by atoms with Gasteiger partial charge in [0.05, 0.1) is 18.6 Å². The second-order valence-corrected chi connectivity index (χ2v) is 19.4. The molecule has 0 aliphatic carbocycles. The van der Waals surface area contributed by atoms with Gasteiger partial charge in [0.15, 0.2) is 28.4 Å². The first-order valence-corrected chi connectivity index (χ1v) is 25.3. The lowest BCUT2D eigenvalue weighted by Crippen LogP contribution is -2.71. The molecule has 342 valence electrons. The van der Waals surface area contributed by atoms with Crippen molar-refractivity contribution >= 4 is 61.8 Å². The highest BCUT2D eigenvalue weighted by molar-refractivity contribution is 8.00. The summed E-state index contributed by atoms with van der Waals surface area (Å²) < 4.78 is 42.2. The molecule has 3 atom stereocenters. The van der Waals surface area contributed by atoms with Crippen LogP contribution >= 0.6 is 23.1 Å². The quantitative estimate of drug-likeness (QED) is 0.0242. The molecule has 2 amide bonds. The van der Waals surface area contributed by atoms with Crippen LogP contribution in [0.25, 0.3) is 0 Å². The van der Waals surface area contributed by atoms with Crippen LogP contribution in [0.1, 0.15) is 58.9 Å². The van der Waals surface area contributed by atoms with Crippen molar-refractivity contribution in [2.45, 2.75) is 48.6 Å². The van der Waals surface area contributed by atoms with Crippen LogP contribution in [-0.2, 0) is 48.5 Å². The molecule has 14 nitrogen and oxygen atoms in total. The van der Waals surface area contributed by atoms with Crippen LogP contribution in [0, 0.1) is 0 Å². The number of carbonyl (C=O) groups excluding carboxylic acids is 3. The highest BCUT2D eigenvalue weighted by Gasteiger charge is 2.56. The molecule has 3 aliphatic heterocycles. The first kappa shape index (κ1) is 45.4. The molecule has 6 aromatic rings. The van der Waals surface area contributed by atoms with E-state index in [0.717, 1.165) is 52.4 Å². The minimum Gasteiger partial charge on any atom is -0.448 e. The van der Waals surface area contributed by atoms with E-state index in [-0.39, 0.29) is 28.6 Å². The van der Waals surface area contributed by atoms with Gasteiger partial charge in [-0.15, -0.1) is 23.1 Å². The van der Waals surface area contributed by atoms with Crippen LogP contribution in [0.4, 0.5) is 5.13 Å². The van der Waals surface area contributed by atoms with Crippen molar-refractivity contribution in [3.8, 4) is 0 Å². The molecule has 1 aromatic heterocycles. The maximum Gasteiger partial charge on any atom is 0.359 e. The molecule has 0 bridgehead atoms. The lowest BCUT2D eigenvalue weighted by Gasteiger charge is -2.49. The maximum absolute atomic E-state index is 14.5. The summed E-state index contributed by atoms with van der Waals surface area (Å²) in [4.78, 5) is 54.9. The zero-order chi connectivity index (χ0) is 46.4. The van der Waals surface area contributed by atoms with E-state index in [4.69, 9.17) is 23.5 Å². The zero-order valence-corrected chi connectivity index (χ0v) is 38.5. The number of thiazole rings is 1. The molecule has 17 heteroatoms. The Balaban J connectivity index is 1.02. The van der Waals surface area contributed by atoms with E-state index in [1.807, 2.05) is 103 Å². The number of β-lactam (4-membered cyclic amide) rings is 1. The second kappa shape index (κ2) is 20.0. The Bertz CT molecular complexity index is 2750. The number of hydrogen-bond acceptors (Lipinski definition) is 14. The van der Waals surface area contributed by atoms with Crippen LogP contribution in [-0.4, -0.2) is 78.1 Å². The largest absolute Gasteiger partial charge is 0.448 e. The van der Waals surface area contributed by atoms with Gasteiger partial charge in [0, 0.05) is 11.8 Å². The Morgan fingerprint density at radius 1 is 0.821 bits per heavy atom. The number of fused-ring (bicyclic) bond motifs is 1. The molecule has 2 N–H and O–H groups in total. The van der Waals surface area contributed by atoms with Gasteiger partial charge in [0.2, 0.25) is 6.29 Å². The average Bonchev–Trinajstić information content (AvgIpc) is 3.83.